The fourth-order valence-electron chi connectivity index (χ4n) is 3.52. The molecule has 1 fully saturated rings. The Labute approximate surface area is 160 Å². The lowest BCUT2D eigenvalue weighted by Gasteiger charge is -2.40. The van der Waals surface area contributed by atoms with Crippen molar-refractivity contribution in [1.29, 1.82) is 0 Å². The minimum absolute atomic E-state index is 0.206. The molecule has 3 N–H and O–H groups in total. The smallest absolute Gasteiger partial charge is 0.338 e. The zero-order chi connectivity index (χ0) is 20.4. The van der Waals surface area contributed by atoms with Crippen LogP contribution >= 0.6 is 0 Å². The number of nitrogens with one attached hydrogen (secondary N) is 1. The van der Waals surface area contributed by atoms with Gasteiger partial charge in [-0.3, -0.25) is 14.2 Å². The fraction of sp³-hybridized carbons (Fsp3) is 0.421. The van der Waals surface area contributed by atoms with E-state index in [1.807, 2.05) is 0 Å². The van der Waals surface area contributed by atoms with Crippen molar-refractivity contribution < 1.29 is 19.7 Å². The van der Waals surface area contributed by atoms with Crippen molar-refractivity contribution in [3.63, 3.8) is 0 Å². The molecule has 0 radical (unpaired) electrons. The van der Waals surface area contributed by atoms with Crippen molar-refractivity contribution in [1.82, 2.24) is 14.5 Å². The minimum atomic E-state index is -1.08. The van der Waals surface area contributed by atoms with E-state index in [9.17, 15) is 24.6 Å². The van der Waals surface area contributed by atoms with Gasteiger partial charge in [-0.15, -0.1) is 0 Å². The molecule has 1 aromatic heterocycles. The van der Waals surface area contributed by atoms with E-state index >= 15 is 0 Å². The monoisotopic (exact) mass is 389 g/mol. The van der Waals surface area contributed by atoms with E-state index in [4.69, 9.17) is 4.74 Å². The predicted octanol–water partition coefficient (Wildman–Crippen LogP) is -1.11. The van der Waals surface area contributed by atoms with Crippen LogP contribution in [0.3, 0.4) is 0 Å². The van der Waals surface area contributed by atoms with Gasteiger partial charge >= 0.3 is 5.69 Å². The largest absolute Gasteiger partial charge is 0.395 e. The average Bonchev–Trinajstić information content (AvgIpc) is 2.71. The van der Waals surface area contributed by atoms with Gasteiger partial charge in [0.05, 0.1) is 24.8 Å². The van der Waals surface area contributed by atoms with E-state index in [0.29, 0.717) is 4.57 Å². The summed E-state index contributed by atoms with van der Waals surface area (Å²) < 4.78 is 7.21. The molecule has 150 valence electrons. The summed E-state index contributed by atoms with van der Waals surface area (Å²) >= 11 is 0. The van der Waals surface area contributed by atoms with Gasteiger partial charge in [0.25, 0.3) is 11.5 Å². The van der Waals surface area contributed by atoms with Crippen LogP contribution in [0.5, 0.6) is 0 Å². The first-order valence-electron chi connectivity index (χ1n) is 8.90. The molecule has 28 heavy (non-hydrogen) atoms. The quantitative estimate of drug-likeness (QED) is 0.606. The Balaban J connectivity index is 2.11. The number of aromatic nitrogens is 2. The standard InChI is InChI=1S/C19H23N3O6/c1-11-9-21(14-8-20-13(10-23)15(24)16(14)28-2)19(27)22(17(11)25)18(26)12-6-4-3-5-7-12/h3-7,9,13-16,20,23-24H,8,10H2,1-2H3/t13-,14-,15-,16-/m1/s1. The second-order valence-corrected chi connectivity index (χ2v) is 6.77. The lowest BCUT2D eigenvalue weighted by atomic mass is 9.94. The number of aliphatic hydroxyl groups is 2. The number of carbonyl (C=O) groups excluding carboxylic acids is 1. The fourth-order valence-corrected chi connectivity index (χ4v) is 3.52. The molecule has 0 spiro atoms. The lowest BCUT2D eigenvalue weighted by Crippen LogP contribution is -2.61. The Morgan fingerprint density at radius 1 is 1.29 bits per heavy atom. The maximum absolute atomic E-state index is 13.1. The number of piperidine rings is 1. The average molecular weight is 389 g/mol. The van der Waals surface area contributed by atoms with Crippen LogP contribution in [0.1, 0.15) is 22.0 Å². The molecule has 2 heterocycles. The number of nitrogens with zero attached hydrogens (tertiary/aromatic N) is 2. The predicted molar refractivity (Wildman–Crippen MR) is 101 cm³/mol. The second-order valence-electron chi connectivity index (χ2n) is 6.77. The van der Waals surface area contributed by atoms with E-state index < -0.39 is 41.4 Å². The third-order valence-electron chi connectivity index (χ3n) is 5.05. The Hall–Kier alpha value is -2.59. The highest BCUT2D eigenvalue weighted by Crippen LogP contribution is 2.22. The van der Waals surface area contributed by atoms with E-state index in [-0.39, 0.29) is 24.3 Å². The van der Waals surface area contributed by atoms with Crippen LogP contribution in [0.25, 0.3) is 0 Å². The topological polar surface area (TPSA) is 123 Å². The summed E-state index contributed by atoms with van der Waals surface area (Å²) in [6.07, 6.45) is -0.525. The Bertz CT molecular complexity index is 968. The molecule has 1 aromatic carbocycles. The molecular formula is C19H23N3O6. The number of aliphatic hydroxyl groups excluding tert-OH is 2. The first kappa shape index (κ1) is 20.2. The van der Waals surface area contributed by atoms with Gasteiger partial charge in [-0.1, -0.05) is 18.2 Å². The van der Waals surface area contributed by atoms with Crippen molar-refractivity contribution in [2.24, 2.45) is 0 Å². The zero-order valence-electron chi connectivity index (χ0n) is 15.6. The Morgan fingerprint density at radius 2 is 1.96 bits per heavy atom. The minimum Gasteiger partial charge on any atom is -0.395 e. The molecule has 9 nitrogen and oxygen atoms in total. The van der Waals surface area contributed by atoms with Crippen molar-refractivity contribution in [3.8, 4) is 0 Å². The number of methoxy groups -OCH3 is 1. The summed E-state index contributed by atoms with van der Waals surface area (Å²) in [5.74, 6) is -0.723. The number of carbonyl (C=O) groups is 1. The summed E-state index contributed by atoms with van der Waals surface area (Å²) in [5.41, 5.74) is -1.09. The molecule has 0 amide bonds. The molecule has 2 aromatic rings. The van der Waals surface area contributed by atoms with Crippen LogP contribution in [-0.4, -0.2) is 63.8 Å². The van der Waals surface area contributed by atoms with Crippen molar-refractivity contribution in [2.75, 3.05) is 20.3 Å². The summed E-state index contributed by atoms with van der Waals surface area (Å²) in [7, 11) is 1.39. The van der Waals surface area contributed by atoms with Gasteiger partial charge in [0.2, 0.25) is 0 Å². The van der Waals surface area contributed by atoms with E-state index in [2.05, 4.69) is 5.32 Å². The number of rotatable bonds is 4. The highest BCUT2D eigenvalue weighted by molar-refractivity contribution is 5.95. The van der Waals surface area contributed by atoms with Gasteiger partial charge in [-0.25, -0.2) is 4.79 Å². The van der Waals surface area contributed by atoms with E-state index in [1.54, 1.807) is 18.2 Å². The lowest BCUT2D eigenvalue weighted by molar-refractivity contribution is -0.0851. The molecule has 0 aliphatic carbocycles. The zero-order valence-corrected chi connectivity index (χ0v) is 15.6. The van der Waals surface area contributed by atoms with Crippen LogP contribution in [0.15, 0.2) is 46.1 Å². The summed E-state index contributed by atoms with van der Waals surface area (Å²) in [6.45, 7) is 1.42. The normalized spacial score (nSPS) is 24.9. The van der Waals surface area contributed by atoms with Gasteiger partial charge in [0.15, 0.2) is 0 Å². The van der Waals surface area contributed by atoms with Crippen LogP contribution < -0.4 is 16.6 Å². The molecule has 0 saturated carbocycles. The van der Waals surface area contributed by atoms with Gasteiger partial charge in [0, 0.05) is 31.0 Å². The molecular weight excluding hydrogens is 366 g/mol. The molecule has 9 heteroatoms. The van der Waals surface area contributed by atoms with Crippen molar-refractivity contribution in [2.45, 2.75) is 31.2 Å². The maximum Gasteiger partial charge on any atom is 0.338 e. The summed E-state index contributed by atoms with van der Waals surface area (Å²) in [5, 5.41) is 22.8. The summed E-state index contributed by atoms with van der Waals surface area (Å²) in [6, 6.07) is 6.78. The molecule has 1 aliphatic heterocycles. The van der Waals surface area contributed by atoms with Gasteiger partial charge in [0.1, 0.15) is 6.10 Å². The molecule has 4 atom stereocenters. The molecule has 1 aliphatic rings. The van der Waals surface area contributed by atoms with Crippen LogP contribution in [-0.2, 0) is 4.74 Å². The third-order valence-corrected chi connectivity index (χ3v) is 5.05. The van der Waals surface area contributed by atoms with Crippen molar-refractivity contribution in [3.05, 3.63) is 68.5 Å². The molecule has 1 saturated heterocycles. The number of ether oxygens (including phenoxy) is 1. The summed E-state index contributed by atoms with van der Waals surface area (Å²) in [4.78, 5) is 38.4. The van der Waals surface area contributed by atoms with Crippen LogP contribution in [0.2, 0.25) is 0 Å². The maximum atomic E-state index is 13.1. The molecule has 0 unspecified atom stereocenters. The SMILES string of the molecule is CO[C@H]1[C@H](O)[C@@H](CO)NC[C@H]1n1cc(C)c(=O)n(C(=O)c2ccccc2)c1=O. The number of hydrogen-bond donors (Lipinski definition) is 3. The Kier molecular flexibility index (Phi) is 5.90. The van der Waals surface area contributed by atoms with Gasteiger partial charge in [-0.2, -0.15) is 4.57 Å². The van der Waals surface area contributed by atoms with E-state index in [1.165, 1.54) is 36.9 Å². The molecule has 3 rings (SSSR count). The van der Waals surface area contributed by atoms with Crippen LogP contribution in [0.4, 0.5) is 0 Å². The van der Waals surface area contributed by atoms with Gasteiger partial charge < -0.3 is 20.3 Å². The highest BCUT2D eigenvalue weighted by Gasteiger charge is 2.40. The van der Waals surface area contributed by atoms with E-state index in [0.717, 1.165) is 0 Å². The van der Waals surface area contributed by atoms with Crippen LogP contribution in [0, 0.1) is 6.92 Å². The molecule has 0 bridgehead atoms. The first-order valence-corrected chi connectivity index (χ1v) is 8.90. The third kappa shape index (κ3) is 3.45. The van der Waals surface area contributed by atoms with Crippen molar-refractivity contribution >= 4 is 5.91 Å². The Morgan fingerprint density at radius 3 is 2.57 bits per heavy atom. The first-order chi connectivity index (χ1) is 13.4. The number of benzene rings is 1. The number of hydrogen-bond acceptors (Lipinski definition) is 7. The van der Waals surface area contributed by atoms with Gasteiger partial charge in [-0.05, 0) is 19.1 Å². The number of aryl methyl sites for hydroxylation is 1. The highest BCUT2D eigenvalue weighted by atomic mass is 16.5. The second kappa shape index (κ2) is 8.19.